The van der Waals surface area contributed by atoms with Crippen molar-refractivity contribution in [3.05, 3.63) is 34.7 Å². The normalized spacial score (nSPS) is 10.0. The molecule has 0 fully saturated rings. The van der Waals surface area contributed by atoms with Crippen molar-refractivity contribution in [3.63, 3.8) is 0 Å². The van der Waals surface area contributed by atoms with E-state index < -0.39 is 0 Å². The smallest absolute Gasteiger partial charge is 0.101 e. The van der Waals surface area contributed by atoms with Gasteiger partial charge in [-0.2, -0.15) is 5.26 Å². The molecule has 0 atom stereocenters. The van der Waals surface area contributed by atoms with E-state index in [1.165, 1.54) is 4.70 Å². The molecule has 2 rings (SSSR count). The van der Waals surface area contributed by atoms with Crippen molar-refractivity contribution in [2.75, 3.05) is 0 Å². The monoisotopic (exact) mass is 173 g/mol. The number of benzene rings is 1. The standard InChI is InChI=1S/C10H7NS/c1-7-9(6-11)8-4-2-3-5-10(8)12-7/h2-5H,1H3. The Kier molecular flexibility index (Phi) is 1.60. The van der Waals surface area contributed by atoms with E-state index in [9.17, 15) is 0 Å². The van der Waals surface area contributed by atoms with Crippen LogP contribution in [0.2, 0.25) is 0 Å². The van der Waals surface area contributed by atoms with Crippen LogP contribution in [-0.2, 0) is 0 Å². The van der Waals surface area contributed by atoms with E-state index >= 15 is 0 Å². The van der Waals surface area contributed by atoms with Gasteiger partial charge in [0.15, 0.2) is 0 Å². The predicted octanol–water partition coefficient (Wildman–Crippen LogP) is 3.08. The van der Waals surface area contributed by atoms with Gasteiger partial charge in [-0.25, -0.2) is 0 Å². The maximum absolute atomic E-state index is 8.86. The number of hydrogen-bond donors (Lipinski definition) is 0. The zero-order valence-electron chi connectivity index (χ0n) is 6.66. The van der Waals surface area contributed by atoms with Crippen molar-refractivity contribution in [3.8, 4) is 6.07 Å². The molecule has 2 aromatic rings. The fourth-order valence-corrected chi connectivity index (χ4v) is 2.32. The number of thiophene rings is 1. The van der Waals surface area contributed by atoms with Crippen LogP contribution >= 0.6 is 11.3 Å². The van der Waals surface area contributed by atoms with E-state index in [0.717, 1.165) is 15.8 Å². The van der Waals surface area contributed by atoms with Gasteiger partial charge in [-0.1, -0.05) is 18.2 Å². The van der Waals surface area contributed by atoms with Crippen LogP contribution in [0, 0.1) is 18.3 Å². The quantitative estimate of drug-likeness (QED) is 0.600. The fourth-order valence-electron chi connectivity index (χ4n) is 1.31. The minimum atomic E-state index is 0.829. The Hall–Kier alpha value is -1.33. The summed E-state index contributed by atoms with van der Waals surface area (Å²) in [6.45, 7) is 1.99. The molecule has 12 heavy (non-hydrogen) atoms. The molecule has 0 unspecified atom stereocenters. The first-order valence-corrected chi connectivity index (χ1v) is 4.53. The van der Waals surface area contributed by atoms with Gasteiger partial charge in [-0.15, -0.1) is 11.3 Å². The van der Waals surface area contributed by atoms with Crippen molar-refractivity contribution in [1.29, 1.82) is 5.26 Å². The third-order valence-corrected chi connectivity index (χ3v) is 2.97. The van der Waals surface area contributed by atoms with Gasteiger partial charge in [0, 0.05) is 15.0 Å². The van der Waals surface area contributed by atoms with E-state index in [-0.39, 0.29) is 0 Å². The lowest BCUT2D eigenvalue weighted by Gasteiger charge is -1.86. The molecule has 1 heterocycles. The van der Waals surface area contributed by atoms with E-state index in [1.807, 2.05) is 31.2 Å². The molecular weight excluding hydrogens is 166 g/mol. The summed E-state index contributed by atoms with van der Waals surface area (Å²) in [5.74, 6) is 0. The highest BCUT2D eigenvalue weighted by molar-refractivity contribution is 7.19. The predicted molar refractivity (Wildman–Crippen MR) is 51.3 cm³/mol. The van der Waals surface area contributed by atoms with Crippen LogP contribution < -0.4 is 0 Å². The molecule has 0 bridgehead atoms. The topological polar surface area (TPSA) is 23.8 Å². The molecule has 0 radical (unpaired) electrons. The summed E-state index contributed by atoms with van der Waals surface area (Å²) >= 11 is 1.68. The van der Waals surface area contributed by atoms with Gasteiger partial charge in [-0.05, 0) is 13.0 Å². The van der Waals surface area contributed by atoms with Crippen LogP contribution in [0.4, 0.5) is 0 Å². The second-order valence-corrected chi connectivity index (χ2v) is 3.90. The molecule has 1 aromatic heterocycles. The molecule has 0 amide bonds. The SMILES string of the molecule is Cc1sc2ccccc2c1C#N. The first-order valence-electron chi connectivity index (χ1n) is 3.71. The molecule has 58 valence electrons. The molecule has 0 aliphatic carbocycles. The number of hydrogen-bond acceptors (Lipinski definition) is 2. The largest absolute Gasteiger partial charge is 0.192 e. The van der Waals surface area contributed by atoms with E-state index in [2.05, 4.69) is 6.07 Å². The van der Waals surface area contributed by atoms with Crippen LogP contribution in [0.3, 0.4) is 0 Å². The first-order chi connectivity index (χ1) is 5.83. The Balaban J connectivity index is 2.93. The second-order valence-electron chi connectivity index (χ2n) is 2.64. The minimum absolute atomic E-state index is 0.829. The highest BCUT2D eigenvalue weighted by atomic mass is 32.1. The van der Waals surface area contributed by atoms with Crippen molar-refractivity contribution in [1.82, 2.24) is 0 Å². The van der Waals surface area contributed by atoms with Crippen molar-refractivity contribution in [2.45, 2.75) is 6.92 Å². The average molecular weight is 173 g/mol. The summed E-state index contributed by atoms with van der Waals surface area (Å²) in [5, 5.41) is 9.95. The van der Waals surface area contributed by atoms with E-state index in [1.54, 1.807) is 11.3 Å². The van der Waals surface area contributed by atoms with Crippen LogP contribution in [0.25, 0.3) is 10.1 Å². The summed E-state index contributed by atoms with van der Waals surface area (Å²) in [4.78, 5) is 1.11. The second kappa shape index (κ2) is 2.62. The summed E-state index contributed by atoms with van der Waals surface area (Å²) in [6.07, 6.45) is 0. The van der Waals surface area contributed by atoms with E-state index in [0.29, 0.717) is 0 Å². The molecule has 0 aliphatic rings. The highest BCUT2D eigenvalue weighted by Gasteiger charge is 2.05. The Morgan fingerprint density at radius 3 is 2.83 bits per heavy atom. The average Bonchev–Trinajstić information content (AvgIpc) is 2.40. The van der Waals surface area contributed by atoms with Gasteiger partial charge < -0.3 is 0 Å². The van der Waals surface area contributed by atoms with Gasteiger partial charge in [0.25, 0.3) is 0 Å². The third-order valence-electron chi connectivity index (χ3n) is 1.88. The van der Waals surface area contributed by atoms with Crippen LogP contribution in [0.15, 0.2) is 24.3 Å². The Labute approximate surface area is 74.9 Å². The molecule has 0 N–H and O–H groups in total. The third kappa shape index (κ3) is 0.910. The van der Waals surface area contributed by atoms with Gasteiger partial charge >= 0.3 is 0 Å². The lowest BCUT2D eigenvalue weighted by molar-refractivity contribution is 1.48. The number of nitriles is 1. The van der Waals surface area contributed by atoms with Crippen LogP contribution in [-0.4, -0.2) is 0 Å². The molecule has 2 heteroatoms. The Bertz CT molecular complexity index is 462. The summed E-state index contributed by atoms with van der Waals surface area (Å²) in [6, 6.07) is 10.2. The first kappa shape index (κ1) is 7.33. The van der Waals surface area contributed by atoms with Crippen LogP contribution in [0.1, 0.15) is 10.4 Å². The molecule has 0 saturated heterocycles. The Morgan fingerprint density at radius 2 is 2.08 bits per heavy atom. The molecule has 1 aromatic carbocycles. The van der Waals surface area contributed by atoms with Gasteiger partial charge in [-0.3, -0.25) is 0 Å². The fraction of sp³-hybridized carbons (Fsp3) is 0.100. The van der Waals surface area contributed by atoms with Gasteiger partial charge in [0.1, 0.15) is 6.07 Å². The summed E-state index contributed by atoms with van der Waals surface area (Å²) < 4.78 is 1.20. The molecule has 0 saturated carbocycles. The number of nitrogens with zero attached hydrogens (tertiary/aromatic N) is 1. The van der Waals surface area contributed by atoms with Crippen molar-refractivity contribution < 1.29 is 0 Å². The van der Waals surface area contributed by atoms with Crippen molar-refractivity contribution in [2.24, 2.45) is 0 Å². The number of aryl methyl sites for hydroxylation is 1. The maximum Gasteiger partial charge on any atom is 0.101 e. The van der Waals surface area contributed by atoms with E-state index in [4.69, 9.17) is 5.26 Å². The zero-order valence-corrected chi connectivity index (χ0v) is 7.48. The van der Waals surface area contributed by atoms with Crippen LogP contribution in [0.5, 0.6) is 0 Å². The lowest BCUT2D eigenvalue weighted by atomic mass is 10.1. The maximum atomic E-state index is 8.86. The molecule has 0 aliphatic heterocycles. The minimum Gasteiger partial charge on any atom is -0.192 e. The lowest BCUT2D eigenvalue weighted by Crippen LogP contribution is -1.71. The number of fused-ring (bicyclic) bond motifs is 1. The van der Waals surface area contributed by atoms with Gasteiger partial charge in [0.05, 0.1) is 5.56 Å². The summed E-state index contributed by atoms with van der Waals surface area (Å²) in [7, 11) is 0. The molecule has 1 nitrogen and oxygen atoms in total. The molecule has 0 spiro atoms. The van der Waals surface area contributed by atoms with Crippen molar-refractivity contribution >= 4 is 21.4 Å². The number of rotatable bonds is 0. The summed E-state index contributed by atoms with van der Waals surface area (Å²) in [5.41, 5.74) is 0.829. The highest BCUT2D eigenvalue weighted by Crippen LogP contribution is 2.29. The Morgan fingerprint density at radius 1 is 1.33 bits per heavy atom. The zero-order chi connectivity index (χ0) is 8.55. The van der Waals surface area contributed by atoms with Gasteiger partial charge in [0.2, 0.25) is 0 Å². The molecular formula is C10H7NS.